The Hall–Kier alpha value is -3.91. The number of carbonyl (C=O) groups excluding carboxylic acids is 3. The Labute approximate surface area is 269 Å². The second-order valence-corrected chi connectivity index (χ2v) is 14.5. The zero-order valence-corrected chi connectivity index (χ0v) is 27.6. The average molecular weight is 659 g/mol. The van der Waals surface area contributed by atoms with Gasteiger partial charge in [-0.05, 0) is 76.1 Å². The number of rotatable bonds is 12. The minimum atomic E-state index is -4.44. The van der Waals surface area contributed by atoms with E-state index >= 15 is 0 Å². The number of hydrogen-bond acceptors (Lipinski definition) is 10. The van der Waals surface area contributed by atoms with Crippen molar-refractivity contribution >= 4 is 39.0 Å². The van der Waals surface area contributed by atoms with Crippen LogP contribution in [-0.4, -0.2) is 78.8 Å². The van der Waals surface area contributed by atoms with Gasteiger partial charge in [0, 0.05) is 23.9 Å². The van der Waals surface area contributed by atoms with Gasteiger partial charge in [0.1, 0.15) is 29.0 Å². The molecule has 1 saturated heterocycles. The van der Waals surface area contributed by atoms with E-state index < -0.39 is 63.0 Å². The molecule has 2 aromatic rings. The first kappa shape index (κ1) is 33.5. The first-order chi connectivity index (χ1) is 21.6. The quantitative estimate of drug-likeness (QED) is 0.321. The third-order valence-corrected chi connectivity index (χ3v) is 9.48. The molecule has 2 aliphatic carbocycles. The predicted octanol–water partition coefficient (Wildman–Crippen LogP) is 3.77. The van der Waals surface area contributed by atoms with Gasteiger partial charge in [0.05, 0.1) is 19.3 Å². The molecular weight excluding hydrogens is 616 g/mol. The number of hydrogen-bond donors (Lipinski definition) is 2. The van der Waals surface area contributed by atoms with E-state index in [-0.39, 0.29) is 19.4 Å². The summed E-state index contributed by atoms with van der Waals surface area (Å²) < 4.78 is 50.2. The lowest BCUT2D eigenvalue weighted by atomic mass is 10.1. The monoisotopic (exact) mass is 658 g/mol. The maximum absolute atomic E-state index is 13.9. The lowest BCUT2D eigenvalue weighted by molar-refractivity contribution is -0.131. The highest BCUT2D eigenvalue weighted by molar-refractivity contribution is 7.85. The molecule has 4 atom stereocenters. The lowest BCUT2D eigenvalue weighted by Gasteiger charge is -2.29. The number of methoxy groups -OCH3 is 1. The Kier molecular flexibility index (Phi) is 8.99. The Morgan fingerprint density at radius 1 is 1.20 bits per heavy atom. The van der Waals surface area contributed by atoms with Crippen molar-refractivity contribution in [2.45, 2.75) is 95.1 Å². The predicted molar refractivity (Wildman–Crippen MR) is 168 cm³/mol. The Balaban J connectivity index is 1.35. The topological polar surface area (TPSA) is 162 Å². The molecule has 0 radical (unpaired) electrons. The molecular formula is C32H42N4O9S. The van der Waals surface area contributed by atoms with Gasteiger partial charge in [-0.1, -0.05) is 19.4 Å². The van der Waals surface area contributed by atoms with Crippen molar-refractivity contribution in [1.29, 1.82) is 0 Å². The van der Waals surface area contributed by atoms with E-state index in [1.54, 1.807) is 40.1 Å². The fourth-order valence-corrected chi connectivity index (χ4v) is 7.09. The summed E-state index contributed by atoms with van der Waals surface area (Å²) in [6.45, 7) is 10.8. The van der Waals surface area contributed by atoms with Gasteiger partial charge in [0.2, 0.25) is 11.8 Å². The van der Waals surface area contributed by atoms with Crippen LogP contribution in [0.1, 0.15) is 66.2 Å². The molecule has 1 aromatic heterocycles. The van der Waals surface area contributed by atoms with Gasteiger partial charge in [0.15, 0.2) is 0 Å². The van der Waals surface area contributed by atoms with Crippen molar-refractivity contribution in [3.63, 3.8) is 0 Å². The maximum Gasteiger partial charge on any atom is 0.411 e. The van der Waals surface area contributed by atoms with Crippen molar-refractivity contribution in [2.75, 3.05) is 13.7 Å². The highest BCUT2D eigenvalue weighted by Crippen LogP contribution is 2.47. The first-order valence-electron chi connectivity index (χ1n) is 15.4. The third-order valence-electron chi connectivity index (χ3n) is 8.47. The summed E-state index contributed by atoms with van der Waals surface area (Å²) in [6, 6.07) is 6.18. The highest BCUT2D eigenvalue weighted by atomic mass is 32.2. The number of nitrogens with zero attached hydrogens (tertiary/aromatic N) is 2. The fourth-order valence-electron chi connectivity index (χ4n) is 5.93. The Bertz CT molecular complexity index is 1640. The summed E-state index contributed by atoms with van der Waals surface area (Å²) in [5, 5.41) is 4.29. The van der Waals surface area contributed by atoms with Crippen LogP contribution in [0, 0.1) is 5.92 Å². The Morgan fingerprint density at radius 2 is 1.93 bits per heavy atom. The third kappa shape index (κ3) is 7.22. The molecule has 3 aliphatic rings. The lowest BCUT2D eigenvalue weighted by Crippen LogP contribution is -2.56. The molecule has 46 heavy (non-hydrogen) atoms. The van der Waals surface area contributed by atoms with Gasteiger partial charge in [-0.25, -0.2) is 18.7 Å². The minimum absolute atomic E-state index is 0.00698. The zero-order chi connectivity index (χ0) is 33.5. The number of aromatic nitrogens is 1. The number of benzene rings is 1. The molecule has 1 aromatic carbocycles. The van der Waals surface area contributed by atoms with E-state index in [0.717, 1.165) is 17.2 Å². The van der Waals surface area contributed by atoms with Gasteiger partial charge in [-0.3, -0.25) is 14.5 Å². The molecule has 0 bridgehead atoms. The number of ether oxygens (including phenoxy) is 3. The molecule has 0 unspecified atom stereocenters. The van der Waals surface area contributed by atoms with Crippen molar-refractivity contribution < 1.29 is 41.2 Å². The summed E-state index contributed by atoms with van der Waals surface area (Å²) in [7, 11) is -2.87. The summed E-state index contributed by atoms with van der Waals surface area (Å²) >= 11 is 0. The fraction of sp³-hybridized carbons (Fsp3) is 0.562. The van der Waals surface area contributed by atoms with Crippen molar-refractivity contribution in [2.24, 2.45) is 5.92 Å². The summed E-state index contributed by atoms with van der Waals surface area (Å²) in [5.41, 5.74) is -3.22. The molecule has 2 N–H and O–H groups in total. The van der Waals surface area contributed by atoms with Crippen molar-refractivity contribution in [3.05, 3.63) is 43.1 Å². The van der Waals surface area contributed by atoms with Crippen LogP contribution in [0.5, 0.6) is 11.6 Å². The number of amides is 3. The number of carbonyl (C=O) groups is 3. The molecule has 2 heterocycles. The molecule has 3 fully saturated rings. The summed E-state index contributed by atoms with van der Waals surface area (Å²) in [5.74, 6) is -1.13. The van der Waals surface area contributed by atoms with E-state index in [4.69, 9.17) is 18.4 Å². The van der Waals surface area contributed by atoms with Crippen molar-refractivity contribution in [1.82, 2.24) is 19.9 Å². The number of likely N-dealkylation sites (tertiary alicyclic amines) is 1. The van der Waals surface area contributed by atoms with Crippen LogP contribution in [0.3, 0.4) is 0 Å². The first-order valence-corrected chi connectivity index (χ1v) is 16.9. The van der Waals surface area contributed by atoms with Crippen LogP contribution in [-0.2, 0) is 28.8 Å². The maximum atomic E-state index is 13.9. The van der Waals surface area contributed by atoms with E-state index in [0.29, 0.717) is 30.9 Å². The van der Waals surface area contributed by atoms with E-state index in [1.807, 2.05) is 29.8 Å². The smallest absolute Gasteiger partial charge is 0.411 e. The molecule has 0 spiro atoms. The number of fused-ring (bicyclic) bond motifs is 1. The normalized spacial score (nSPS) is 25.0. The van der Waals surface area contributed by atoms with Crippen molar-refractivity contribution in [3.8, 4) is 11.6 Å². The molecule has 1 aliphatic heterocycles. The molecule has 14 heteroatoms. The molecule has 5 rings (SSSR count). The summed E-state index contributed by atoms with van der Waals surface area (Å²) in [4.78, 5) is 46.3. The van der Waals surface area contributed by atoms with Crippen LogP contribution in [0.25, 0.3) is 10.8 Å². The molecule has 250 valence electrons. The molecule has 13 nitrogen and oxygen atoms in total. The average Bonchev–Trinajstić information content (AvgIpc) is 3.85. The van der Waals surface area contributed by atoms with Gasteiger partial charge in [0.25, 0.3) is 5.91 Å². The minimum Gasteiger partial charge on any atom is -0.497 e. The SMILES string of the molecule is C=C[C@@H]1C[C@]1(NC(=O)[C@@H]1C[C@@H](Oc2nccc3cc(OC)ccc23)CN1C(=O)OC(C)(C)C)C(=O)NS(=O)(=O)OC1(CCC)CC1. The summed E-state index contributed by atoms with van der Waals surface area (Å²) in [6.07, 6.45) is 4.35. The van der Waals surface area contributed by atoms with Gasteiger partial charge < -0.3 is 19.5 Å². The molecule has 2 saturated carbocycles. The highest BCUT2D eigenvalue weighted by Gasteiger charge is 2.62. The Morgan fingerprint density at radius 3 is 2.54 bits per heavy atom. The second-order valence-electron chi connectivity index (χ2n) is 13.2. The van der Waals surface area contributed by atoms with Crippen LogP contribution < -0.4 is 19.5 Å². The van der Waals surface area contributed by atoms with Crippen LogP contribution in [0.15, 0.2) is 43.1 Å². The van der Waals surface area contributed by atoms with Crippen LogP contribution in [0.2, 0.25) is 0 Å². The van der Waals surface area contributed by atoms with Gasteiger partial charge in [-0.2, -0.15) is 8.42 Å². The van der Waals surface area contributed by atoms with Gasteiger partial charge >= 0.3 is 16.4 Å². The largest absolute Gasteiger partial charge is 0.497 e. The number of pyridine rings is 1. The second kappa shape index (κ2) is 12.4. The van der Waals surface area contributed by atoms with E-state index in [2.05, 4.69) is 16.9 Å². The van der Waals surface area contributed by atoms with E-state index in [1.165, 1.54) is 11.0 Å². The van der Waals surface area contributed by atoms with Gasteiger partial charge in [-0.15, -0.1) is 6.58 Å². The standard InChI is InChI=1S/C32H42N4O9S/c1-7-12-31(13-14-31)45-46(40,41)35-28(38)32(18-21(32)8-2)34-26(37)25-17-23(19-36(25)29(39)44-30(3,4)5)43-27-24-10-9-22(42-6)16-20(24)11-15-33-27/h8-11,15-16,21,23,25H,2,7,12-14,17-19H2,1,3-6H3,(H,34,37)(H,35,38)/t21-,23-,25+,32-/m1/s1. The molecule has 3 amide bonds. The van der Waals surface area contributed by atoms with Crippen LogP contribution in [0.4, 0.5) is 4.79 Å². The number of nitrogens with one attached hydrogen (secondary N) is 2. The van der Waals surface area contributed by atoms with Crippen LogP contribution >= 0.6 is 0 Å². The van der Waals surface area contributed by atoms with E-state index in [9.17, 15) is 22.8 Å². The zero-order valence-electron chi connectivity index (χ0n) is 26.8.